The Kier molecular flexibility index (Phi) is 2.22. The van der Waals surface area contributed by atoms with E-state index in [1.165, 1.54) is 0 Å². The summed E-state index contributed by atoms with van der Waals surface area (Å²) < 4.78 is 0. The molecule has 0 spiro atoms. The minimum atomic E-state index is 0.395. The van der Waals surface area contributed by atoms with Crippen LogP contribution >= 0.6 is 0 Å². The SMILES string of the molecule is C=C1CN(C(C)C)C(=C)N=C1N. The van der Waals surface area contributed by atoms with Crippen molar-refractivity contribution in [1.29, 1.82) is 0 Å². The predicted octanol–water partition coefficient (Wildman–Crippen LogP) is 1.09. The molecule has 0 aromatic heterocycles. The van der Waals surface area contributed by atoms with E-state index in [4.69, 9.17) is 5.73 Å². The Bertz CT molecular complexity index is 250. The zero-order valence-corrected chi connectivity index (χ0v) is 7.67. The van der Waals surface area contributed by atoms with Crippen molar-refractivity contribution in [2.45, 2.75) is 19.9 Å². The molecule has 66 valence electrons. The molecule has 1 heterocycles. The summed E-state index contributed by atoms with van der Waals surface area (Å²) in [7, 11) is 0. The third-order valence-electron chi connectivity index (χ3n) is 1.93. The standard InChI is InChI=1S/C9H15N3/c1-6(2)12-5-7(3)9(10)11-8(12)4/h6H,3-5H2,1-2H3,(H2,10,11). The van der Waals surface area contributed by atoms with E-state index >= 15 is 0 Å². The van der Waals surface area contributed by atoms with Crippen LogP contribution in [0.4, 0.5) is 0 Å². The van der Waals surface area contributed by atoms with Gasteiger partial charge in [0.1, 0.15) is 11.7 Å². The molecule has 0 atom stereocenters. The average molecular weight is 165 g/mol. The molecule has 0 aromatic rings. The second kappa shape index (κ2) is 3.01. The number of aliphatic imine (C=N–C) groups is 1. The Balaban J connectivity index is 2.87. The molecule has 2 N–H and O–H groups in total. The van der Waals surface area contributed by atoms with E-state index in [1.807, 2.05) is 0 Å². The van der Waals surface area contributed by atoms with Crippen molar-refractivity contribution in [2.24, 2.45) is 10.7 Å². The molecule has 1 rings (SSSR count). The summed E-state index contributed by atoms with van der Waals surface area (Å²) in [5, 5.41) is 0. The third kappa shape index (κ3) is 1.49. The molecule has 12 heavy (non-hydrogen) atoms. The molecule has 0 bridgehead atoms. The van der Waals surface area contributed by atoms with E-state index in [0.29, 0.717) is 11.9 Å². The van der Waals surface area contributed by atoms with Gasteiger partial charge in [-0.15, -0.1) is 0 Å². The summed E-state index contributed by atoms with van der Waals surface area (Å²) in [4.78, 5) is 6.16. The average Bonchev–Trinajstić information content (AvgIpc) is 1.96. The smallest absolute Gasteiger partial charge is 0.130 e. The molecule has 0 saturated heterocycles. The molecular formula is C9H15N3. The van der Waals surface area contributed by atoms with E-state index in [-0.39, 0.29) is 0 Å². The van der Waals surface area contributed by atoms with Gasteiger partial charge < -0.3 is 10.6 Å². The molecule has 0 unspecified atom stereocenters. The molecule has 0 saturated carbocycles. The van der Waals surface area contributed by atoms with Gasteiger partial charge in [-0.05, 0) is 13.8 Å². The summed E-state index contributed by atoms with van der Waals surface area (Å²) in [5.41, 5.74) is 6.47. The molecule has 0 radical (unpaired) electrons. The number of nitrogens with zero attached hydrogens (tertiary/aromatic N) is 2. The van der Waals surface area contributed by atoms with Crippen LogP contribution in [-0.4, -0.2) is 23.3 Å². The van der Waals surface area contributed by atoms with Crippen LogP contribution in [0.25, 0.3) is 0 Å². The van der Waals surface area contributed by atoms with Crippen LogP contribution in [0.1, 0.15) is 13.8 Å². The summed E-state index contributed by atoms with van der Waals surface area (Å²) >= 11 is 0. The van der Waals surface area contributed by atoms with E-state index in [9.17, 15) is 0 Å². The summed E-state index contributed by atoms with van der Waals surface area (Å²) in [6, 6.07) is 0.395. The molecular weight excluding hydrogens is 150 g/mol. The van der Waals surface area contributed by atoms with Gasteiger partial charge in [0.25, 0.3) is 0 Å². The Labute approximate surface area is 73.3 Å². The van der Waals surface area contributed by atoms with Gasteiger partial charge in [0.2, 0.25) is 0 Å². The van der Waals surface area contributed by atoms with Crippen molar-refractivity contribution in [2.75, 3.05) is 6.54 Å². The lowest BCUT2D eigenvalue weighted by molar-refractivity contribution is 0.303. The van der Waals surface area contributed by atoms with Crippen LogP contribution < -0.4 is 5.73 Å². The van der Waals surface area contributed by atoms with Crippen LogP contribution in [0, 0.1) is 0 Å². The van der Waals surface area contributed by atoms with Gasteiger partial charge in [-0.25, -0.2) is 4.99 Å². The van der Waals surface area contributed by atoms with E-state index < -0.39 is 0 Å². The highest BCUT2D eigenvalue weighted by molar-refractivity contribution is 5.98. The molecule has 0 fully saturated rings. The van der Waals surface area contributed by atoms with Crippen molar-refractivity contribution in [1.82, 2.24) is 4.90 Å². The van der Waals surface area contributed by atoms with Crippen LogP contribution in [-0.2, 0) is 0 Å². The van der Waals surface area contributed by atoms with Crippen LogP contribution in [0.15, 0.2) is 29.5 Å². The van der Waals surface area contributed by atoms with E-state index in [1.54, 1.807) is 0 Å². The number of hydrogen-bond acceptors (Lipinski definition) is 3. The van der Waals surface area contributed by atoms with Crippen molar-refractivity contribution >= 4 is 5.84 Å². The largest absolute Gasteiger partial charge is 0.383 e. The first-order chi connectivity index (χ1) is 5.52. The van der Waals surface area contributed by atoms with Crippen LogP contribution in [0.5, 0.6) is 0 Å². The Morgan fingerprint density at radius 2 is 2.08 bits per heavy atom. The van der Waals surface area contributed by atoms with Crippen molar-refractivity contribution in [3.8, 4) is 0 Å². The van der Waals surface area contributed by atoms with Gasteiger partial charge in [0.15, 0.2) is 0 Å². The lowest BCUT2D eigenvalue weighted by Gasteiger charge is -2.32. The van der Waals surface area contributed by atoms with Gasteiger partial charge in [-0.2, -0.15) is 0 Å². The number of rotatable bonds is 1. The molecule has 1 aliphatic rings. The van der Waals surface area contributed by atoms with Gasteiger partial charge in [-0.3, -0.25) is 0 Å². The quantitative estimate of drug-likeness (QED) is 0.632. The van der Waals surface area contributed by atoms with Crippen LogP contribution in [0.2, 0.25) is 0 Å². The zero-order chi connectivity index (χ0) is 9.30. The van der Waals surface area contributed by atoms with Gasteiger partial charge in [0.05, 0.1) is 0 Å². The van der Waals surface area contributed by atoms with Crippen molar-refractivity contribution < 1.29 is 0 Å². The fraction of sp³-hybridized carbons (Fsp3) is 0.444. The molecule has 3 nitrogen and oxygen atoms in total. The number of nitrogens with two attached hydrogens (primary N) is 1. The lowest BCUT2D eigenvalue weighted by atomic mass is 10.2. The Morgan fingerprint density at radius 1 is 1.50 bits per heavy atom. The maximum absolute atomic E-state index is 5.59. The molecule has 3 heteroatoms. The fourth-order valence-electron chi connectivity index (χ4n) is 1.14. The van der Waals surface area contributed by atoms with E-state index in [2.05, 4.69) is 36.9 Å². The van der Waals surface area contributed by atoms with Gasteiger partial charge >= 0.3 is 0 Å². The fourth-order valence-corrected chi connectivity index (χ4v) is 1.14. The van der Waals surface area contributed by atoms with Gasteiger partial charge in [-0.1, -0.05) is 13.2 Å². The van der Waals surface area contributed by atoms with E-state index in [0.717, 1.165) is 17.9 Å². The number of hydrogen-bond donors (Lipinski definition) is 1. The minimum Gasteiger partial charge on any atom is -0.383 e. The monoisotopic (exact) mass is 165 g/mol. The highest BCUT2D eigenvalue weighted by atomic mass is 15.3. The van der Waals surface area contributed by atoms with Gasteiger partial charge in [0, 0.05) is 18.2 Å². The predicted molar refractivity (Wildman–Crippen MR) is 51.7 cm³/mol. The summed E-state index contributed by atoms with van der Waals surface area (Å²) in [6.45, 7) is 12.6. The normalized spacial score (nSPS) is 18.6. The zero-order valence-electron chi connectivity index (χ0n) is 7.67. The highest BCUT2D eigenvalue weighted by Crippen LogP contribution is 2.16. The maximum atomic E-state index is 5.59. The topological polar surface area (TPSA) is 41.6 Å². The molecule has 0 aliphatic carbocycles. The molecule has 1 aliphatic heterocycles. The summed E-state index contributed by atoms with van der Waals surface area (Å²) in [5.74, 6) is 1.24. The van der Waals surface area contributed by atoms with Crippen LogP contribution in [0.3, 0.4) is 0 Å². The molecule has 0 aromatic carbocycles. The van der Waals surface area contributed by atoms with Crippen molar-refractivity contribution in [3.05, 3.63) is 24.6 Å². The lowest BCUT2D eigenvalue weighted by Crippen LogP contribution is -2.38. The first-order valence-electron chi connectivity index (χ1n) is 4.00. The highest BCUT2D eigenvalue weighted by Gasteiger charge is 2.18. The third-order valence-corrected chi connectivity index (χ3v) is 1.93. The minimum absolute atomic E-state index is 0.395. The Hall–Kier alpha value is -1.25. The Morgan fingerprint density at radius 3 is 2.58 bits per heavy atom. The molecule has 0 amide bonds. The second-order valence-corrected chi connectivity index (χ2v) is 3.24. The second-order valence-electron chi connectivity index (χ2n) is 3.24. The van der Waals surface area contributed by atoms with Crippen molar-refractivity contribution in [3.63, 3.8) is 0 Å². The summed E-state index contributed by atoms with van der Waals surface area (Å²) in [6.07, 6.45) is 0. The first kappa shape index (κ1) is 8.84. The first-order valence-corrected chi connectivity index (χ1v) is 4.00. The number of amidine groups is 1. The maximum Gasteiger partial charge on any atom is 0.130 e.